The van der Waals surface area contributed by atoms with Crippen molar-refractivity contribution in [2.24, 2.45) is 0 Å². The average molecular weight is 798 g/mol. The summed E-state index contributed by atoms with van der Waals surface area (Å²) < 4.78 is 5.16. The second-order valence-electron chi connectivity index (χ2n) is 15.5. The number of hydrogen-bond donors (Lipinski definition) is 0. The molecule has 0 N–H and O–H groups in total. The number of fused-ring (bicyclic) bond motifs is 13. The number of rotatable bonds is 4. The van der Waals surface area contributed by atoms with Gasteiger partial charge in [-0.15, -0.1) is 22.7 Å². The van der Waals surface area contributed by atoms with Crippen LogP contribution in [0.5, 0.6) is 0 Å². The number of thiophene rings is 2. The van der Waals surface area contributed by atoms with E-state index in [1.807, 2.05) is 28.7 Å². The lowest BCUT2D eigenvalue weighted by Crippen LogP contribution is -1.92. The van der Waals surface area contributed by atoms with Crippen LogP contribution >= 0.6 is 22.7 Å². The molecule has 0 aliphatic rings. The van der Waals surface area contributed by atoms with Gasteiger partial charge in [-0.3, -0.25) is 0 Å². The zero-order valence-electron chi connectivity index (χ0n) is 32.1. The van der Waals surface area contributed by atoms with Crippen LogP contribution in [0.3, 0.4) is 0 Å². The fraction of sp³-hybridized carbons (Fsp3) is 0. The van der Waals surface area contributed by atoms with Crippen LogP contribution in [-0.2, 0) is 0 Å². The summed E-state index contributed by atoms with van der Waals surface area (Å²) in [4.78, 5) is 15.9. The van der Waals surface area contributed by atoms with Gasteiger partial charge in [0.1, 0.15) is 0 Å². The Bertz CT molecular complexity index is 3880. The van der Waals surface area contributed by atoms with Crippen molar-refractivity contribution in [2.75, 3.05) is 0 Å². The van der Waals surface area contributed by atoms with Crippen LogP contribution in [0.25, 0.3) is 129 Å². The summed E-state index contributed by atoms with van der Waals surface area (Å²) in [6.45, 7) is 0. The third kappa shape index (κ3) is 5.16. The number of aromatic nitrogens is 3. The van der Waals surface area contributed by atoms with Gasteiger partial charge < -0.3 is 0 Å². The van der Waals surface area contributed by atoms with E-state index >= 15 is 0 Å². The van der Waals surface area contributed by atoms with Gasteiger partial charge in [0.15, 0.2) is 0 Å². The Balaban J connectivity index is 1.01. The summed E-state index contributed by atoms with van der Waals surface area (Å²) in [6.07, 6.45) is 0. The van der Waals surface area contributed by atoms with E-state index in [0.717, 1.165) is 72.0 Å². The van der Waals surface area contributed by atoms with E-state index < -0.39 is 0 Å². The summed E-state index contributed by atoms with van der Waals surface area (Å²) in [5, 5.41) is 10.9. The second-order valence-corrected chi connectivity index (χ2v) is 17.6. The number of pyridine rings is 3. The molecule has 13 aromatic rings. The predicted molar refractivity (Wildman–Crippen MR) is 257 cm³/mol. The quantitative estimate of drug-likeness (QED) is 0.167. The number of para-hydroxylation sites is 1. The lowest BCUT2D eigenvalue weighted by molar-refractivity contribution is 1.36. The van der Waals surface area contributed by atoms with Crippen LogP contribution < -0.4 is 0 Å². The van der Waals surface area contributed by atoms with Crippen molar-refractivity contribution in [1.82, 2.24) is 15.0 Å². The van der Waals surface area contributed by atoms with Crippen molar-refractivity contribution in [3.8, 4) is 44.9 Å². The minimum Gasteiger partial charge on any atom is -0.247 e. The van der Waals surface area contributed by atoms with E-state index in [1.165, 1.54) is 56.7 Å². The molecule has 0 amide bonds. The number of hydrogen-bond acceptors (Lipinski definition) is 5. The van der Waals surface area contributed by atoms with Crippen molar-refractivity contribution in [2.45, 2.75) is 0 Å². The first-order valence-electron chi connectivity index (χ1n) is 20.2. The third-order valence-electron chi connectivity index (χ3n) is 12.0. The van der Waals surface area contributed by atoms with Crippen LogP contribution in [0.2, 0.25) is 0 Å². The van der Waals surface area contributed by atoms with Gasteiger partial charge in [-0.1, -0.05) is 140 Å². The highest BCUT2D eigenvalue weighted by Gasteiger charge is 2.21. The number of nitrogens with zero attached hydrogens (tertiary/aromatic N) is 3. The molecule has 0 fully saturated rings. The van der Waals surface area contributed by atoms with Crippen molar-refractivity contribution in [3.05, 3.63) is 188 Å². The van der Waals surface area contributed by atoms with Gasteiger partial charge in [0.25, 0.3) is 0 Å². The molecule has 13 rings (SSSR count). The molecule has 0 saturated carbocycles. The Kier molecular flexibility index (Phi) is 7.35. The Labute approximate surface area is 352 Å². The maximum Gasteiger partial charge on any atom is 0.0972 e. The van der Waals surface area contributed by atoms with Crippen molar-refractivity contribution in [3.63, 3.8) is 0 Å². The maximum atomic E-state index is 5.47. The standard InChI is InChI=1S/C55H31N3S2/c1-2-10-33(11-3-1)44-27-24-35-22-23-36-25-28-45(57-54(36)53(35)56-44)34-20-18-32(19-21-34)41-31-43-50(51-40-14-6-9-17-48(40)60-55(41)51)39-13-4-7-15-46(39)58-52(43)37-26-29-49-42(30-37)38-12-5-8-16-47(38)59-49/h1-31H. The number of benzene rings is 8. The SMILES string of the molecule is c1ccc(-c2ccc3ccc4ccc(-c5ccc(-c6cc7c(-c8ccc9sc%10ccccc%10c9c8)nc8ccccc8c7c7c6sc6ccccc67)cc5)nc4c3n2)cc1. The molecule has 0 aliphatic heterocycles. The van der Waals surface area contributed by atoms with Gasteiger partial charge in [0.2, 0.25) is 0 Å². The highest BCUT2D eigenvalue weighted by Crippen LogP contribution is 2.48. The molecule has 0 radical (unpaired) electrons. The first-order valence-corrected chi connectivity index (χ1v) is 21.8. The minimum atomic E-state index is 0.911. The summed E-state index contributed by atoms with van der Waals surface area (Å²) in [5.74, 6) is 0. The monoisotopic (exact) mass is 797 g/mol. The van der Waals surface area contributed by atoms with Crippen LogP contribution in [0, 0.1) is 0 Å². The van der Waals surface area contributed by atoms with Gasteiger partial charge in [0.05, 0.1) is 33.6 Å². The van der Waals surface area contributed by atoms with Crippen molar-refractivity contribution < 1.29 is 0 Å². The normalized spacial score (nSPS) is 12.0. The Morgan fingerprint density at radius 1 is 0.333 bits per heavy atom. The molecule has 0 spiro atoms. The zero-order valence-corrected chi connectivity index (χ0v) is 33.7. The first kappa shape index (κ1) is 33.6. The van der Waals surface area contributed by atoms with Crippen LogP contribution in [0.15, 0.2) is 188 Å². The van der Waals surface area contributed by atoms with Gasteiger partial charge >= 0.3 is 0 Å². The summed E-state index contributed by atoms with van der Waals surface area (Å²) >= 11 is 3.73. The molecule has 5 aromatic heterocycles. The van der Waals surface area contributed by atoms with E-state index in [-0.39, 0.29) is 0 Å². The molecule has 0 aliphatic carbocycles. The minimum absolute atomic E-state index is 0.911. The van der Waals surface area contributed by atoms with E-state index in [1.54, 1.807) is 0 Å². The Morgan fingerprint density at radius 2 is 0.900 bits per heavy atom. The molecule has 0 saturated heterocycles. The predicted octanol–water partition coefficient (Wildman–Crippen LogP) is 15.9. The average Bonchev–Trinajstić information content (AvgIpc) is 3.90. The first-order chi connectivity index (χ1) is 29.7. The summed E-state index contributed by atoms with van der Waals surface area (Å²) in [7, 11) is 0. The van der Waals surface area contributed by atoms with Gasteiger partial charge in [-0.2, -0.15) is 0 Å². The van der Waals surface area contributed by atoms with E-state index in [9.17, 15) is 0 Å². The van der Waals surface area contributed by atoms with E-state index in [2.05, 4.69) is 182 Å². The molecule has 0 atom stereocenters. The fourth-order valence-electron chi connectivity index (χ4n) is 9.16. The molecule has 0 bridgehead atoms. The van der Waals surface area contributed by atoms with Crippen LogP contribution in [0.1, 0.15) is 0 Å². The van der Waals surface area contributed by atoms with Crippen LogP contribution in [-0.4, -0.2) is 15.0 Å². The zero-order chi connectivity index (χ0) is 39.3. The van der Waals surface area contributed by atoms with Gasteiger partial charge in [-0.05, 0) is 54.1 Å². The van der Waals surface area contributed by atoms with Gasteiger partial charge in [-0.25, -0.2) is 15.0 Å². The second kappa shape index (κ2) is 13.1. The molecule has 60 heavy (non-hydrogen) atoms. The molecular weight excluding hydrogens is 767 g/mol. The lowest BCUT2D eigenvalue weighted by Gasteiger charge is -2.15. The summed E-state index contributed by atoms with van der Waals surface area (Å²) in [6, 6.07) is 67.6. The highest BCUT2D eigenvalue weighted by molar-refractivity contribution is 7.26. The molecule has 0 unspecified atom stereocenters. The lowest BCUT2D eigenvalue weighted by atomic mass is 9.91. The Morgan fingerprint density at radius 3 is 1.65 bits per heavy atom. The van der Waals surface area contributed by atoms with Crippen molar-refractivity contribution in [1.29, 1.82) is 0 Å². The summed E-state index contributed by atoms with van der Waals surface area (Å²) in [5.41, 5.74) is 11.4. The molecule has 278 valence electrons. The fourth-order valence-corrected chi connectivity index (χ4v) is 11.5. The smallest absolute Gasteiger partial charge is 0.0972 e. The van der Waals surface area contributed by atoms with Crippen molar-refractivity contribution >= 4 is 106 Å². The molecule has 8 aromatic carbocycles. The van der Waals surface area contributed by atoms with Crippen LogP contribution in [0.4, 0.5) is 0 Å². The molecule has 5 heterocycles. The Hall–Kier alpha value is -7.31. The van der Waals surface area contributed by atoms with Gasteiger partial charge in [0, 0.05) is 89.5 Å². The molecule has 3 nitrogen and oxygen atoms in total. The van der Waals surface area contributed by atoms with E-state index in [4.69, 9.17) is 15.0 Å². The maximum absolute atomic E-state index is 5.47. The highest BCUT2D eigenvalue weighted by atomic mass is 32.1. The van der Waals surface area contributed by atoms with E-state index in [0.29, 0.717) is 0 Å². The topological polar surface area (TPSA) is 38.7 Å². The third-order valence-corrected chi connectivity index (χ3v) is 14.4. The molecular formula is C55H31N3S2. The molecule has 5 heteroatoms. The largest absolute Gasteiger partial charge is 0.247 e.